The molecule has 2 heterocycles. The fourth-order valence-corrected chi connectivity index (χ4v) is 1.86. The minimum atomic E-state index is 0.488. The van der Waals surface area contributed by atoms with Gasteiger partial charge >= 0.3 is 0 Å². The molecule has 0 spiro atoms. The maximum atomic E-state index is 4.38. The molecule has 0 aromatic carbocycles. The van der Waals surface area contributed by atoms with Crippen molar-refractivity contribution in [2.24, 2.45) is 0 Å². The van der Waals surface area contributed by atoms with Crippen LogP contribution in [0, 0.1) is 0 Å². The van der Waals surface area contributed by atoms with Crippen LogP contribution in [0.15, 0.2) is 6.20 Å². The van der Waals surface area contributed by atoms with Crippen molar-refractivity contribution in [1.29, 1.82) is 0 Å². The van der Waals surface area contributed by atoms with Crippen LogP contribution in [0.1, 0.15) is 31.3 Å². The molecule has 1 aliphatic heterocycles. The Balaban J connectivity index is 1.91. The second-order valence-corrected chi connectivity index (χ2v) is 4.47. The van der Waals surface area contributed by atoms with Gasteiger partial charge in [-0.1, -0.05) is 13.8 Å². The van der Waals surface area contributed by atoms with Crippen LogP contribution in [0.25, 0.3) is 0 Å². The molecule has 0 radical (unpaired) electrons. The van der Waals surface area contributed by atoms with Crippen LogP contribution < -0.4 is 5.32 Å². The zero-order valence-electron chi connectivity index (χ0n) is 9.58. The molecule has 0 saturated carbocycles. The van der Waals surface area contributed by atoms with E-state index in [9.17, 15) is 0 Å². The highest BCUT2D eigenvalue weighted by atomic mass is 15.2. The normalized spacial score (nSPS) is 18.6. The zero-order chi connectivity index (χ0) is 10.7. The Morgan fingerprint density at radius 2 is 2.13 bits per heavy atom. The standard InChI is InChI=1S/C11H20N4/c1-9(2)11-13-7-10(14-11)8-15-5-3-12-4-6-15/h7,9,12H,3-6,8H2,1-2H3,(H,13,14). The summed E-state index contributed by atoms with van der Waals surface area (Å²) in [5.41, 5.74) is 1.24. The molecule has 1 saturated heterocycles. The molecule has 0 aliphatic carbocycles. The number of imidazole rings is 1. The summed E-state index contributed by atoms with van der Waals surface area (Å²) >= 11 is 0. The molecule has 2 N–H and O–H groups in total. The topological polar surface area (TPSA) is 44.0 Å². The van der Waals surface area contributed by atoms with Gasteiger partial charge in [-0.3, -0.25) is 4.90 Å². The molecule has 0 atom stereocenters. The zero-order valence-corrected chi connectivity index (χ0v) is 9.58. The summed E-state index contributed by atoms with van der Waals surface area (Å²) in [5, 5.41) is 3.36. The van der Waals surface area contributed by atoms with Crippen LogP contribution in [0.5, 0.6) is 0 Å². The Kier molecular flexibility index (Phi) is 3.38. The van der Waals surface area contributed by atoms with Crippen molar-refractivity contribution in [1.82, 2.24) is 20.2 Å². The van der Waals surface area contributed by atoms with Crippen molar-refractivity contribution in [3.8, 4) is 0 Å². The number of piperazine rings is 1. The van der Waals surface area contributed by atoms with Crippen LogP contribution in [0.4, 0.5) is 0 Å². The molecule has 1 aliphatic rings. The maximum absolute atomic E-state index is 4.38. The van der Waals surface area contributed by atoms with Crippen LogP contribution in [0.3, 0.4) is 0 Å². The number of H-pyrrole nitrogens is 1. The van der Waals surface area contributed by atoms with Crippen LogP contribution in [-0.2, 0) is 6.54 Å². The van der Waals surface area contributed by atoms with E-state index in [2.05, 4.69) is 34.0 Å². The first-order valence-corrected chi connectivity index (χ1v) is 5.72. The minimum absolute atomic E-state index is 0.488. The quantitative estimate of drug-likeness (QED) is 0.777. The first-order valence-electron chi connectivity index (χ1n) is 5.72. The van der Waals surface area contributed by atoms with E-state index in [-0.39, 0.29) is 0 Å². The number of hydrogen-bond donors (Lipinski definition) is 2. The van der Waals surface area contributed by atoms with Gasteiger partial charge in [0.05, 0.1) is 0 Å². The van der Waals surface area contributed by atoms with Gasteiger partial charge in [0.1, 0.15) is 5.82 Å². The molecule has 4 nitrogen and oxygen atoms in total. The summed E-state index contributed by atoms with van der Waals surface area (Å²) < 4.78 is 0. The highest BCUT2D eigenvalue weighted by molar-refractivity contribution is 5.04. The summed E-state index contributed by atoms with van der Waals surface area (Å²) in [6.07, 6.45) is 1.97. The van der Waals surface area contributed by atoms with E-state index in [0.717, 1.165) is 38.5 Å². The lowest BCUT2D eigenvalue weighted by Crippen LogP contribution is -2.42. The van der Waals surface area contributed by atoms with Gasteiger partial charge in [-0.25, -0.2) is 4.98 Å². The summed E-state index contributed by atoms with van der Waals surface area (Å²) in [6.45, 7) is 9.80. The molecule has 2 rings (SSSR count). The molecule has 15 heavy (non-hydrogen) atoms. The monoisotopic (exact) mass is 208 g/mol. The van der Waals surface area contributed by atoms with E-state index in [0.29, 0.717) is 5.92 Å². The van der Waals surface area contributed by atoms with Gasteiger partial charge < -0.3 is 10.3 Å². The van der Waals surface area contributed by atoms with E-state index in [1.54, 1.807) is 0 Å². The number of aromatic nitrogens is 2. The van der Waals surface area contributed by atoms with Crippen LogP contribution in [-0.4, -0.2) is 41.0 Å². The Morgan fingerprint density at radius 1 is 1.40 bits per heavy atom. The number of rotatable bonds is 3. The SMILES string of the molecule is CC(C)c1ncc(CN2CCNCC2)[nH]1. The van der Waals surface area contributed by atoms with Gasteiger partial charge in [0.15, 0.2) is 0 Å². The second kappa shape index (κ2) is 4.77. The predicted octanol–water partition coefficient (Wildman–Crippen LogP) is 0.938. The van der Waals surface area contributed by atoms with Crippen molar-refractivity contribution >= 4 is 0 Å². The van der Waals surface area contributed by atoms with Gasteiger partial charge in [0, 0.05) is 50.5 Å². The third-order valence-electron chi connectivity index (χ3n) is 2.80. The lowest BCUT2D eigenvalue weighted by Gasteiger charge is -2.26. The molecule has 0 bridgehead atoms. The highest BCUT2D eigenvalue weighted by Gasteiger charge is 2.11. The number of aromatic amines is 1. The van der Waals surface area contributed by atoms with E-state index in [4.69, 9.17) is 0 Å². The Bertz CT molecular complexity index is 299. The number of nitrogens with one attached hydrogen (secondary N) is 2. The molecular formula is C11H20N4. The van der Waals surface area contributed by atoms with E-state index < -0.39 is 0 Å². The lowest BCUT2D eigenvalue weighted by molar-refractivity contribution is 0.231. The molecule has 1 fully saturated rings. The summed E-state index contributed by atoms with van der Waals surface area (Å²) in [5.74, 6) is 1.59. The highest BCUT2D eigenvalue weighted by Crippen LogP contribution is 2.11. The predicted molar refractivity (Wildman–Crippen MR) is 60.8 cm³/mol. The summed E-state index contributed by atoms with van der Waals surface area (Å²) in [7, 11) is 0. The molecule has 4 heteroatoms. The Labute approximate surface area is 91.1 Å². The summed E-state index contributed by atoms with van der Waals surface area (Å²) in [6, 6.07) is 0. The number of nitrogens with zero attached hydrogens (tertiary/aromatic N) is 2. The smallest absolute Gasteiger partial charge is 0.108 e. The van der Waals surface area contributed by atoms with Gasteiger partial charge in [-0.15, -0.1) is 0 Å². The van der Waals surface area contributed by atoms with Crippen molar-refractivity contribution in [3.05, 3.63) is 17.7 Å². The van der Waals surface area contributed by atoms with Crippen molar-refractivity contribution in [2.75, 3.05) is 26.2 Å². The molecule has 0 amide bonds. The van der Waals surface area contributed by atoms with Crippen molar-refractivity contribution < 1.29 is 0 Å². The van der Waals surface area contributed by atoms with E-state index >= 15 is 0 Å². The van der Waals surface area contributed by atoms with Crippen molar-refractivity contribution in [3.63, 3.8) is 0 Å². The maximum Gasteiger partial charge on any atom is 0.108 e. The fraction of sp³-hybridized carbons (Fsp3) is 0.727. The Morgan fingerprint density at radius 3 is 2.73 bits per heavy atom. The largest absolute Gasteiger partial charge is 0.345 e. The van der Waals surface area contributed by atoms with Gasteiger partial charge in [0.2, 0.25) is 0 Å². The third kappa shape index (κ3) is 2.79. The van der Waals surface area contributed by atoms with Crippen LogP contribution in [0.2, 0.25) is 0 Å². The molecule has 1 aromatic rings. The fourth-order valence-electron chi connectivity index (χ4n) is 1.86. The first kappa shape index (κ1) is 10.6. The average molecular weight is 208 g/mol. The molecule has 0 unspecified atom stereocenters. The van der Waals surface area contributed by atoms with Crippen LogP contribution >= 0.6 is 0 Å². The first-order chi connectivity index (χ1) is 7.25. The summed E-state index contributed by atoms with van der Waals surface area (Å²) in [4.78, 5) is 10.2. The van der Waals surface area contributed by atoms with Gasteiger partial charge in [0.25, 0.3) is 0 Å². The average Bonchev–Trinajstić information content (AvgIpc) is 2.68. The second-order valence-electron chi connectivity index (χ2n) is 4.47. The molecular weight excluding hydrogens is 188 g/mol. The minimum Gasteiger partial charge on any atom is -0.345 e. The third-order valence-corrected chi connectivity index (χ3v) is 2.80. The van der Waals surface area contributed by atoms with Gasteiger partial charge in [-0.2, -0.15) is 0 Å². The van der Waals surface area contributed by atoms with E-state index in [1.165, 1.54) is 5.69 Å². The van der Waals surface area contributed by atoms with E-state index in [1.807, 2.05) is 6.20 Å². The van der Waals surface area contributed by atoms with Gasteiger partial charge in [-0.05, 0) is 0 Å². The number of hydrogen-bond acceptors (Lipinski definition) is 3. The Hall–Kier alpha value is -0.870. The lowest BCUT2D eigenvalue weighted by atomic mass is 10.2. The molecule has 84 valence electrons. The molecule has 1 aromatic heterocycles. The van der Waals surface area contributed by atoms with Crippen molar-refractivity contribution in [2.45, 2.75) is 26.3 Å².